The summed E-state index contributed by atoms with van der Waals surface area (Å²) in [4.78, 5) is 0. The molecule has 0 aromatic carbocycles. The van der Waals surface area contributed by atoms with Gasteiger partial charge in [0.25, 0.3) is 0 Å². The summed E-state index contributed by atoms with van der Waals surface area (Å²) in [6.45, 7) is 3.14. The Morgan fingerprint density at radius 1 is 1.60 bits per heavy atom. The lowest BCUT2D eigenvalue weighted by Gasteiger charge is -2.07. The van der Waals surface area contributed by atoms with E-state index in [4.69, 9.17) is 4.74 Å². The summed E-state index contributed by atoms with van der Waals surface area (Å²) in [6, 6.07) is 0. The zero-order valence-electron chi connectivity index (χ0n) is 6.26. The molecule has 1 aliphatic carbocycles. The van der Waals surface area contributed by atoms with E-state index in [0.717, 1.165) is 12.4 Å². The van der Waals surface area contributed by atoms with Crippen LogP contribution in [0, 0.1) is 5.92 Å². The van der Waals surface area contributed by atoms with Crippen molar-refractivity contribution >= 4 is 0 Å². The first-order chi connectivity index (χ1) is 4.88. The highest BCUT2D eigenvalue weighted by molar-refractivity contribution is 5.29. The van der Waals surface area contributed by atoms with E-state index in [0.29, 0.717) is 5.92 Å². The SMILES string of the molecule is CC1COC2=C1CCC=C2. The predicted octanol–water partition coefficient (Wildman–Crippen LogP) is 2.26. The highest BCUT2D eigenvalue weighted by atomic mass is 16.5. The zero-order valence-corrected chi connectivity index (χ0v) is 6.26. The second-order valence-electron chi connectivity index (χ2n) is 3.04. The maximum atomic E-state index is 5.46. The number of ether oxygens (including phenoxy) is 1. The molecule has 0 spiro atoms. The molecule has 54 valence electrons. The fraction of sp³-hybridized carbons (Fsp3) is 0.556. The van der Waals surface area contributed by atoms with E-state index in [2.05, 4.69) is 19.1 Å². The summed E-state index contributed by atoms with van der Waals surface area (Å²) >= 11 is 0. The van der Waals surface area contributed by atoms with E-state index in [1.165, 1.54) is 18.4 Å². The van der Waals surface area contributed by atoms with Crippen LogP contribution < -0.4 is 0 Å². The molecule has 0 bridgehead atoms. The van der Waals surface area contributed by atoms with Crippen LogP contribution in [-0.4, -0.2) is 6.61 Å². The van der Waals surface area contributed by atoms with E-state index in [1.54, 1.807) is 0 Å². The van der Waals surface area contributed by atoms with Gasteiger partial charge in [0, 0.05) is 5.92 Å². The lowest BCUT2D eigenvalue weighted by Crippen LogP contribution is -1.98. The second-order valence-corrected chi connectivity index (χ2v) is 3.04. The van der Waals surface area contributed by atoms with Crippen LogP contribution in [0.5, 0.6) is 0 Å². The van der Waals surface area contributed by atoms with Gasteiger partial charge in [-0.2, -0.15) is 0 Å². The van der Waals surface area contributed by atoms with Crippen molar-refractivity contribution in [3.63, 3.8) is 0 Å². The molecule has 0 aromatic heterocycles. The van der Waals surface area contributed by atoms with Crippen LogP contribution in [0.25, 0.3) is 0 Å². The summed E-state index contributed by atoms with van der Waals surface area (Å²) in [5.74, 6) is 1.82. The van der Waals surface area contributed by atoms with Crippen LogP contribution in [0.15, 0.2) is 23.5 Å². The van der Waals surface area contributed by atoms with Crippen molar-refractivity contribution < 1.29 is 4.74 Å². The first-order valence-electron chi connectivity index (χ1n) is 3.90. The molecule has 1 heteroatoms. The van der Waals surface area contributed by atoms with Crippen molar-refractivity contribution in [3.05, 3.63) is 23.5 Å². The van der Waals surface area contributed by atoms with Crippen LogP contribution in [-0.2, 0) is 4.74 Å². The number of hydrogen-bond donors (Lipinski definition) is 0. The van der Waals surface area contributed by atoms with Gasteiger partial charge in [0.15, 0.2) is 0 Å². The minimum Gasteiger partial charge on any atom is -0.493 e. The molecular weight excluding hydrogens is 124 g/mol. The largest absolute Gasteiger partial charge is 0.493 e. The minimum absolute atomic E-state index is 0.667. The van der Waals surface area contributed by atoms with Gasteiger partial charge in [-0.05, 0) is 24.5 Å². The third kappa shape index (κ3) is 0.772. The average Bonchev–Trinajstić information content (AvgIpc) is 2.34. The quantitative estimate of drug-likeness (QED) is 0.496. The molecular formula is C9H12O. The van der Waals surface area contributed by atoms with Crippen molar-refractivity contribution in [3.8, 4) is 0 Å². The molecule has 0 N–H and O–H groups in total. The van der Waals surface area contributed by atoms with Gasteiger partial charge in [-0.1, -0.05) is 13.0 Å². The molecule has 1 nitrogen and oxygen atoms in total. The van der Waals surface area contributed by atoms with E-state index in [1.807, 2.05) is 0 Å². The van der Waals surface area contributed by atoms with Gasteiger partial charge < -0.3 is 4.74 Å². The second kappa shape index (κ2) is 2.15. The molecule has 1 unspecified atom stereocenters. The minimum atomic E-state index is 0.667. The molecule has 1 atom stereocenters. The molecule has 0 saturated heterocycles. The molecule has 2 rings (SSSR count). The third-order valence-corrected chi connectivity index (χ3v) is 2.25. The molecule has 1 aliphatic heterocycles. The standard InChI is InChI=1S/C9H12O/c1-7-6-10-9-5-3-2-4-8(7)9/h3,5,7H,2,4,6H2,1H3. The molecule has 2 aliphatic rings. The highest BCUT2D eigenvalue weighted by Crippen LogP contribution is 2.32. The van der Waals surface area contributed by atoms with Crippen molar-refractivity contribution in [2.45, 2.75) is 19.8 Å². The van der Waals surface area contributed by atoms with Gasteiger partial charge in [0.05, 0.1) is 6.61 Å². The maximum absolute atomic E-state index is 5.46. The molecule has 0 fully saturated rings. The fourth-order valence-corrected chi connectivity index (χ4v) is 1.60. The van der Waals surface area contributed by atoms with E-state index >= 15 is 0 Å². The monoisotopic (exact) mass is 136 g/mol. The summed E-state index contributed by atoms with van der Waals surface area (Å²) in [7, 11) is 0. The zero-order chi connectivity index (χ0) is 6.97. The number of rotatable bonds is 0. The normalized spacial score (nSPS) is 30.3. The van der Waals surface area contributed by atoms with Gasteiger partial charge >= 0.3 is 0 Å². The Kier molecular flexibility index (Phi) is 1.30. The van der Waals surface area contributed by atoms with Crippen LogP contribution in [0.4, 0.5) is 0 Å². The molecule has 0 radical (unpaired) electrons. The van der Waals surface area contributed by atoms with Crippen molar-refractivity contribution in [2.75, 3.05) is 6.61 Å². The Balaban J connectivity index is 2.29. The Morgan fingerprint density at radius 3 is 3.30 bits per heavy atom. The Morgan fingerprint density at radius 2 is 2.50 bits per heavy atom. The Hall–Kier alpha value is -0.720. The van der Waals surface area contributed by atoms with Gasteiger partial charge in [-0.25, -0.2) is 0 Å². The Labute approximate surface area is 61.4 Å². The first kappa shape index (κ1) is 6.02. The summed E-state index contributed by atoms with van der Waals surface area (Å²) in [6.07, 6.45) is 6.72. The van der Waals surface area contributed by atoms with E-state index < -0.39 is 0 Å². The van der Waals surface area contributed by atoms with Crippen molar-refractivity contribution in [2.24, 2.45) is 5.92 Å². The summed E-state index contributed by atoms with van der Waals surface area (Å²) in [5, 5.41) is 0. The lowest BCUT2D eigenvalue weighted by atomic mass is 9.95. The van der Waals surface area contributed by atoms with Gasteiger partial charge in [-0.15, -0.1) is 0 Å². The summed E-state index contributed by atoms with van der Waals surface area (Å²) < 4.78 is 5.46. The van der Waals surface area contributed by atoms with Crippen LogP contribution in [0.3, 0.4) is 0 Å². The number of allylic oxidation sites excluding steroid dienone is 2. The molecule has 0 aromatic rings. The van der Waals surface area contributed by atoms with Gasteiger partial charge in [0.2, 0.25) is 0 Å². The van der Waals surface area contributed by atoms with Crippen molar-refractivity contribution in [1.82, 2.24) is 0 Å². The third-order valence-electron chi connectivity index (χ3n) is 2.25. The molecule has 10 heavy (non-hydrogen) atoms. The van der Waals surface area contributed by atoms with Gasteiger partial charge in [-0.3, -0.25) is 0 Å². The summed E-state index contributed by atoms with van der Waals surface area (Å²) in [5.41, 5.74) is 1.53. The van der Waals surface area contributed by atoms with E-state index in [-0.39, 0.29) is 0 Å². The average molecular weight is 136 g/mol. The smallest absolute Gasteiger partial charge is 0.118 e. The van der Waals surface area contributed by atoms with Crippen molar-refractivity contribution in [1.29, 1.82) is 0 Å². The molecule has 0 saturated carbocycles. The van der Waals surface area contributed by atoms with Crippen LogP contribution >= 0.6 is 0 Å². The van der Waals surface area contributed by atoms with E-state index in [9.17, 15) is 0 Å². The molecule has 1 heterocycles. The topological polar surface area (TPSA) is 9.23 Å². The predicted molar refractivity (Wildman–Crippen MR) is 40.5 cm³/mol. The van der Waals surface area contributed by atoms with Gasteiger partial charge in [0.1, 0.15) is 5.76 Å². The highest BCUT2D eigenvalue weighted by Gasteiger charge is 2.22. The maximum Gasteiger partial charge on any atom is 0.118 e. The Bertz CT molecular complexity index is 201. The fourth-order valence-electron chi connectivity index (χ4n) is 1.60. The van der Waals surface area contributed by atoms with Crippen LogP contribution in [0.1, 0.15) is 19.8 Å². The molecule has 0 amide bonds. The lowest BCUT2D eigenvalue weighted by molar-refractivity contribution is 0.234. The van der Waals surface area contributed by atoms with Crippen LogP contribution in [0.2, 0.25) is 0 Å². The number of hydrogen-bond acceptors (Lipinski definition) is 1. The first-order valence-corrected chi connectivity index (χ1v) is 3.90.